The van der Waals surface area contributed by atoms with Crippen molar-refractivity contribution in [3.63, 3.8) is 0 Å². The Bertz CT molecular complexity index is 330. The van der Waals surface area contributed by atoms with Crippen LogP contribution in [0.2, 0.25) is 0 Å². The molecule has 0 amide bonds. The van der Waals surface area contributed by atoms with E-state index < -0.39 is 0 Å². The standard InChI is InChI=1S/C11H17BrN2OS/c1-7-5-9(16-11(7)12)10(14-13)8-3-2-4-15-6-8/h5,8,10,14H,2-4,6,13H2,1H3. The Morgan fingerprint density at radius 1 is 1.69 bits per heavy atom. The molecule has 0 aliphatic carbocycles. The molecular weight excluding hydrogens is 288 g/mol. The molecule has 0 radical (unpaired) electrons. The molecule has 2 unspecified atom stereocenters. The van der Waals surface area contributed by atoms with Crippen molar-refractivity contribution < 1.29 is 4.74 Å². The summed E-state index contributed by atoms with van der Waals surface area (Å²) in [6, 6.07) is 2.42. The van der Waals surface area contributed by atoms with Gasteiger partial charge in [-0.1, -0.05) is 0 Å². The highest BCUT2D eigenvalue weighted by Crippen LogP contribution is 2.36. The van der Waals surface area contributed by atoms with E-state index in [2.05, 4.69) is 34.3 Å². The van der Waals surface area contributed by atoms with E-state index >= 15 is 0 Å². The molecule has 1 fully saturated rings. The lowest BCUT2D eigenvalue weighted by Crippen LogP contribution is -2.36. The van der Waals surface area contributed by atoms with E-state index in [1.54, 1.807) is 11.3 Å². The summed E-state index contributed by atoms with van der Waals surface area (Å²) in [6.07, 6.45) is 2.32. The molecule has 0 saturated carbocycles. The lowest BCUT2D eigenvalue weighted by Gasteiger charge is -2.29. The first-order valence-corrected chi connectivity index (χ1v) is 7.13. The Hall–Kier alpha value is 0.0600. The van der Waals surface area contributed by atoms with Gasteiger partial charge in [0.1, 0.15) is 0 Å². The molecule has 5 heteroatoms. The van der Waals surface area contributed by atoms with E-state index in [4.69, 9.17) is 10.6 Å². The largest absolute Gasteiger partial charge is 0.381 e. The van der Waals surface area contributed by atoms with E-state index in [1.807, 2.05) is 0 Å². The maximum Gasteiger partial charge on any atom is 0.0731 e. The molecule has 0 spiro atoms. The number of nitrogens with one attached hydrogen (secondary N) is 1. The van der Waals surface area contributed by atoms with Crippen molar-refractivity contribution in [2.45, 2.75) is 25.8 Å². The maximum atomic E-state index is 5.68. The number of hydrogen-bond acceptors (Lipinski definition) is 4. The number of rotatable bonds is 3. The Balaban J connectivity index is 2.14. The molecule has 0 aromatic carbocycles. The average Bonchev–Trinajstić information content (AvgIpc) is 2.61. The lowest BCUT2D eigenvalue weighted by atomic mass is 9.93. The molecule has 2 rings (SSSR count). The van der Waals surface area contributed by atoms with Gasteiger partial charge < -0.3 is 4.74 Å². The molecule has 2 heterocycles. The molecule has 1 aliphatic heterocycles. The van der Waals surface area contributed by atoms with E-state index in [0.29, 0.717) is 5.92 Å². The van der Waals surface area contributed by atoms with Crippen molar-refractivity contribution in [2.75, 3.05) is 13.2 Å². The Morgan fingerprint density at radius 3 is 3.00 bits per heavy atom. The number of thiophene rings is 1. The van der Waals surface area contributed by atoms with Gasteiger partial charge in [-0.25, -0.2) is 0 Å². The summed E-state index contributed by atoms with van der Waals surface area (Å²) in [6.45, 7) is 3.80. The van der Waals surface area contributed by atoms with Crippen LogP contribution in [0, 0.1) is 12.8 Å². The molecule has 90 valence electrons. The molecule has 3 N–H and O–H groups in total. The first kappa shape index (κ1) is 12.5. The third-order valence-corrected chi connectivity index (χ3v) is 5.25. The zero-order valence-electron chi connectivity index (χ0n) is 9.33. The smallest absolute Gasteiger partial charge is 0.0731 e. The van der Waals surface area contributed by atoms with Crippen molar-refractivity contribution >= 4 is 27.3 Å². The molecule has 16 heavy (non-hydrogen) atoms. The van der Waals surface area contributed by atoms with Gasteiger partial charge in [0.15, 0.2) is 0 Å². The van der Waals surface area contributed by atoms with Gasteiger partial charge in [-0.15, -0.1) is 11.3 Å². The Morgan fingerprint density at radius 2 is 2.50 bits per heavy atom. The second kappa shape index (κ2) is 5.60. The second-order valence-electron chi connectivity index (χ2n) is 4.23. The van der Waals surface area contributed by atoms with E-state index in [0.717, 1.165) is 19.6 Å². The van der Waals surface area contributed by atoms with E-state index in [9.17, 15) is 0 Å². The topological polar surface area (TPSA) is 47.3 Å². The number of halogens is 1. The van der Waals surface area contributed by atoms with Crippen molar-refractivity contribution in [3.05, 3.63) is 20.3 Å². The van der Waals surface area contributed by atoms with Crippen LogP contribution in [0.4, 0.5) is 0 Å². The molecule has 1 aromatic heterocycles. The van der Waals surface area contributed by atoms with Gasteiger partial charge in [-0.2, -0.15) is 0 Å². The number of ether oxygens (including phenoxy) is 1. The predicted molar refractivity (Wildman–Crippen MR) is 70.4 cm³/mol. The normalized spacial score (nSPS) is 23.3. The van der Waals surface area contributed by atoms with Gasteiger partial charge in [-0.05, 0) is 47.3 Å². The highest BCUT2D eigenvalue weighted by Gasteiger charge is 2.26. The summed E-state index contributed by atoms with van der Waals surface area (Å²) in [4.78, 5) is 1.29. The fraction of sp³-hybridized carbons (Fsp3) is 0.636. The van der Waals surface area contributed by atoms with Gasteiger partial charge in [0.2, 0.25) is 0 Å². The molecular formula is C11H17BrN2OS. The van der Waals surface area contributed by atoms with Crippen LogP contribution >= 0.6 is 27.3 Å². The number of nitrogens with two attached hydrogens (primary N) is 1. The fourth-order valence-corrected chi connectivity index (χ4v) is 3.84. The van der Waals surface area contributed by atoms with Gasteiger partial charge in [0, 0.05) is 17.4 Å². The summed E-state index contributed by atoms with van der Waals surface area (Å²) in [5.41, 5.74) is 4.21. The van der Waals surface area contributed by atoms with Crippen LogP contribution in [0.25, 0.3) is 0 Å². The van der Waals surface area contributed by atoms with Crippen LogP contribution in [0.5, 0.6) is 0 Å². The Labute approximate surface area is 108 Å². The van der Waals surface area contributed by atoms with Crippen LogP contribution in [0.1, 0.15) is 29.3 Å². The quantitative estimate of drug-likeness (QED) is 0.667. The predicted octanol–water partition coefficient (Wildman–Crippen LogP) is 2.75. The van der Waals surface area contributed by atoms with Gasteiger partial charge >= 0.3 is 0 Å². The van der Waals surface area contributed by atoms with Gasteiger partial charge in [0.25, 0.3) is 0 Å². The minimum absolute atomic E-state index is 0.218. The third kappa shape index (κ3) is 2.65. The third-order valence-electron chi connectivity index (χ3n) is 3.03. The first-order chi connectivity index (χ1) is 7.72. The molecule has 0 bridgehead atoms. The zero-order valence-corrected chi connectivity index (χ0v) is 11.7. The summed E-state index contributed by atoms with van der Waals surface area (Å²) >= 11 is 5.32. The van der Waals surface area contributed by atoms with Crippen LogP contribution in [-0.4, -0.2) is 13.2 Å². The fourth-order valence-electron chi connectivity index (χ4n) is 2.12. The monoisotopic (exact) mass is 304 g/mol. The van der Waals surface area contributed by atoms with E-state index in [-0.39, 0.29) is 6.04 Å². The highest BCUT2D eigenvalue weighted by molar-refractivity contribution is 9.11. The summed E-state index contributed by atoms with van der Waals surface area (Å²) in [5.74, 6) is 6.17. The summed E-state index contributed by atoms with van der Waals surface area (Å²) in [5, 5.41) is 0. The molecule has 1 aromatic rings. The van der Waals surface area contributed by atoms with Crippen LogP contribution in [-0.2, 0) is 4.74 Å². The van der Waals surface area contributed by atoms with Crippen molar-refractivity contribution in [3.8, 4) is 0 Å². The van der Waals surface area contributed by atoms with E-state index in [1.165, 1.54) is 20.6 Å². The molecule has 2 atom stereocenters. The number of aryl methyl sites for hydroxylation is 1. The number of hydrazine groups is 1. The van der Waals surface area contributed by atoms with Crippen LogP contribution in [0.3, 0.4) is 0 Å². The van der Waals surface area contributed by atoms with Crippen LogP contribution < -0.4 is 11.3 Å². The lowest BCUT2D eigenvalue weighted by molar-refractivity contribution is 0.0395. The van der Waals surface area contributed by atoms with Crippen LogP contribution in [0.15, 0.2) is 9.85 Å². The Kier molecular flexibility index (Phi) is 4.38. The van der Waals surface area contributed by atoms with Crippen molar-refractivity contribution in [1.82, 2.24) is 5.43 Å². The van der Waals surface area contributed by atoms with Crippen molar-refractivity contribution in [2.24, 2.45) is 11.8 Å². The zero-order chi connectivity index (χ0) is 11.5. The van der Waals surface area contributed by atoms with Crippen molar-refractivity contribution in [1.29, 1.82) is 0 Å². The van der Waals surface area contributed by atoms with Gasteiger partial charge in [-0.3, -0.25) is 11.3 Å². The minimum Gasteiger partial charge on any atom is -0.381 e. The maximum absolute atomic E-state index is 5.68. The second-order valence-corrected chi connectivity index (χ2v) is 6.63. The average molecular weight is 305 g/mol. The molecule has 3 nitrogen and oxygen atoms in total. The minimum atomic E-state index is 0.218. The highest BCUT2D eigenvalue weighted by atomic mass is 79.9. The summed E-state index contributed by atoms with van der Waals surface area (Å²) < 4.78 is 6.71. The van der Waals surface area contributed by atoms with Gasteiger partial charge in [0.05, 0.1) is 16.4 Å². The first-order valence-electron chi connectivity index (χ1n) is 5.52. The SMILES string of the molecule is Cc1cc(C(NN)C2CCCOC2)sc1Br. The number of hydrogen-bond donors (Lipinski definition) is 2. The molecule has 1 saturated heterocycles. The molecule has 1 aliphatic rings. The summed E-state index contributed by atoms with van der Waals surface area (Å²) in [7, 11) is 0.